The molecule has 17 heavy (non-hydrogen) atoms. The summed E-state index contributed by atoms with van der Waals surface area (Å²) in [4.78, 5) is 23.4. The van der Waals surface area contributed by atoms with Crippen LogP contribution < -0.4 is 5.32 Å². The molecule has 0 spiro atoms. The Labute approximate surface area is 104 Å². The van der Waals surface area contributed by atoms with Crippen LogP contribution in [0, 0.1) is 0 Å². The molecule has 0 saturated heterocycles. The minimum absolute atomic E-state index is 0.366. The van der Waals surface area contributed by atoms with E-state index in [9.17, 15) is 9.59 Å². The van der Waals surface area contributed by atoms with Gasteiger partial charge in [-0.25, -0.2) is 9.59 Å². The first-order valence-corrected chi connectivity index (χ1v) is 6.21. The molecule has 0 aliphatic heterocycles. The molecule has 0 aliphatic rings. The lowest BCUT2D eigenvalue weighted by atomic mass is 10.2. The number of likely N-dealkylation sites (N-methyl/N-ethyl adjacent to an activating group) is 1. The third-order valence-corrected chi connectivity index (χ3v) is 3.26. The molecule has 1 atom stereocenters. The largest absolute Gasteiger partial charge is 0.480 e. The number of thiophene rings is 1. The van der Waals surface area contributed by atoms with E-state index in [4.69, 9.17) is 5.11 Å². The number of carboxylic acids is 1. The summed E-state index contributed by atoms with van der Waals surface area (Å²) < 4.78 is 0. The van der Waals surface area contributed by atoms with Crippen molar-refractivity contribution in [2.75, 3.05) is 13.6 Å². The lowest BCUT2D eigenvalue weighted by Gasteiger charge is -2.21. The SMILES string of the molecule is CC(C(=O)O)N(C)C(=O)NCCc1ccsc1. The maximum atomic E-state index is 11.6. The van der Waals surface area contributed by atoms with Crippen molar-refractivity contribution >= 4 is 23.3 Å². The second-order valence-corrected chi connectivity index (χ2v) is 4.52. The van der Waals surface area contributed by atoms with E-state index in [1.807, 2.05) is 16.8 Å². The van der Waals surface area contributed by atoms with Gasteiger partial charge in [-0.05, 0) is 35.7 Å². The second kappa shape index (κ2) is 6.24. The van der Waals surface area contributed by atoms with Crippen molar-refractivity contribution < 1.29 is 14.7 Å². The molecular weight excluding hydrogens is 240 g/mol. The van der Waals surface area contributed by atoms with Crippen LogP contribution in [0.1, 0.15) is 12.5 Å². The van der Waals surface area contributed by atoms with Gasteiger partial charge >= 0.3 is 12.0 Å². The van der Waals surface area contributed by atoms with Gasteiger partial charge in [0.15, 0.2) is 0 Å². The van der Waals surface area contributed by atoms with Gasteiger partial charge in [0.05, 0.1) is 0 Å². The molecule has 0 bridgehead atoms. The number of nitrogens with zero attached hydrogens (tertiary/aromatic N) is 1. The van der Waals surface area contributed by atoms with Crippen molar-refractivity contribution in [3.63, 3.8) is 0 Å². The molecule has 0 aliphatic carbocycles. The molecule has 0 fully saturated rings. The number of carboxylic acid groups (broad SMARTS) is 1. The number of carbonyl (C=O) groups excluding carboxylic acids is 1. The van der Waals surface area contributed by atoms with Crippen LogP contribution in [0.3, 0.4) is 0 Å². The molecule has 94 valence electrons. The van der Waals surface area contributed by atoms with E-state index in [1.165, 1.54) is 24.4 Å². The lowest BCUT2D eigenvalue weighted by Crippen LogP contribution is -2.46. The summed E-state index contributed by atoms with van der Waals surface area (Å²) in [6, 6.07) is 0.812. The molecule has 1 rings (SSSR count). The highest BCUT2D eigenvalue weighted by atomic mass is 32.1. The maximum Gasteiger partial charge on any atom is 0.326 e. The monoisotopic (exact) mass is 256 g/mol. The minimum Gasteiger partial charge on any atom is -0.480 e. The number of rotatable bonds is 5. The van der Waals surface area contributed by atoms with Crippen LogP contribution in [-0.2, 0) is 11.2 Å². The third-order valence-electron chi connectivity index (χ3n) is 2.53. The fourth-order valence-electron chi connectivity index (χ4n) is 1.21. The van der Waals surface area contributed by atoms with E-state index >= 15 is 0 Å². The first-order chi connectivity index (χ1) is 8.02. The second-order valence-electron chi connectivity index (χ2n) is 3.74. The van der Waals surface area contributed by atoms with Gasteiger partial charge < -0.3 is 15.3 Å². The zero-order chi connectivity index (χ0) is 12.8. The first kappa shape index (κ1) is 13.5. The van der Waals surface area contributed by atoms with Crippen LogP contribution in [-0.4, -0.2) is 41.6 Å². The summed E-state index contributed by atoms with van der Waals surface area (Å²) in [5.74, 6) is -1.01. The van der Waals surface area contributed by atoms with Crippen molar-refractivity contribution in [2.45, 2.75) is 19.4 Å². The van der Waals surface area contributed by atoms with Crippen molar-refractivity contribution in [2.24, 2.45) is 0 Å². The number of urea groups is 1. The summed E-state index contributed by atoms with van der Waals surface area (Å²) in [5, 5.41) is 15.4. The summed E-state index contributed by atoms with van der Waals surface area (Å²) in [6.07, 6.45) is 0.754. The van der Waals surface area contributed by atoms with Gasteiger partial charge in [-0.1, -0.05) is 0 Å². The Bertz CT molecular complexity index is 378. The van der Waals surface area contributed by atoms with E-state index in [1.54, 1.807) is 11.3 Å². The van der Waals surface area contributed by atoms with Gasteiger partial charge in [-0.2, -0.15) is 11.3 Å². The normalized spacial score (nSPS) is 11.9. The molecular formula is C11H16N2O3S. The molecule has 1 aromatic heterocycles. The standard InChI is InChI=1S/C11H16N2O3S/c1-8(10(14)15)13(2)11(16)12-5-3-9-4-6-17-7-9/h4,6-8H,3,5H2,1-2H3,(H,12,16)(H,14,15). The number of amides is 2. The number of carbonyl (C=O) groups is 2. The average molecular weight is 256 g/mol. The highest BCUT2D eigenvalue weighted by Crippen LogP contribution is 2.05. The molecule has 1 aromatic rings. The minimum atomic E-state index is -1.01. The lowest BCUT2D eigenvalue weighted by molar-refractivity contribution is -0.141. The van der Waals surface area contributed by atoms with Crippen molar-refractivity contribution in [3.05, 3.63) is 22.4 Å². The Morgan fingerprint density at radius 2 is 2.29 bits per heavy atom. The summed E-state index contributed by atoms with van der Waals surface area (Å²) in [7, 11) is 1.47. The van der Waals surface area contributed by atoms with E-state index < -0.39 is 12.0 Å². The number of hydrogen-bond donors (Lipinski definition) is 2. The van der Waals surface area contributed by atoms with Crippen molar-refractivity contribution in [1.29, 1.82) is 0 Å². The molecule has 1 heterocycles. The van der Waals surface area contributed by atoms with Gasteiger partial charge in [0, 0.05) is 13.6 Å². The topological polar surface area (TPSA) is 69.6 Å². The Kier molecular flexibility index (Phi) is 4.96. The molecule has 5 nitrogen and oxygen atoms in total. The van der Waals surface area contributed by atoms with Gasteiger partial charge in [0.25, 0.3) is 0 Å². The van der Waals surface area contributed by atoms with E-state index in [0.717, 1.165) is 6.42 Å². The van der Waals surface area contributed by atoms with Gasteiger partial charge in [0.1, 0.15) is 6.04 Å². The molecule has 2 N–H and O–H groups in total. The highest BCUT2D eigenvalue weighted by Gasteiger charge is 2.20. The molecule has 0 saturated carbocycles. The van der Waals surface area contributed by atoms with Crippen LogP contribution in [0.5, 0.6) is 0 Å². The number of nitrogens with one attached hydrogen (secondary N) is 1. The Balaban J connectivity index is 2.32. The predicted octanol–water partition coefficient (Wildman–Crippen LogP) is 1.41. The van der Waals surface area contributed by atoms with Gasteiger partial charge in [-0.3, -0.25) is 0 Å². The number of aliphatic carboxylic acids is 1. The van der Waals surface area contributed by atoms with Crippen LogP contribution in [0.4, 0.5) is 4.79 Å². The van der Waals surface area contributed by atoms with Gasteiger partial charge in [0.2, 0.25) is 0 Å². The van der Waals surface area contributed by atoms with Crippen molar-refractivity contribution in [3.8, 4) is 0 Å². The van der Waals surface area contributed by atoms with E-state index in [-0.39, 0.29) is 6.03 Å². The summed E-state index contributed by atoms with van der Waals surface area (Å²) in [5.41, 5.74) is 1.17. The molecule has 6 heteroatoms. The molecule has 2 amide bonds. The van der Waals surface area contributed by atoms with Crippen LogP contribution in [0.2, 0.25) is 0 Å². The summed E-state index contributed by atoms with van der Waals surface area (Å²) in [6.45, 7) is 1.98. The zero-order valence-electron chi connectivity index (χ0n) is 9.84. The molecule has 0 aromatic carbocycles. The van der Waals surface area contributed by atoms with E-state index in [0.29, 0.717) is 6.54 Å². The van der Waals surface area contributed by atoms with Crippen molar-refractivity contribution in [1.82, 2.24) is 10.2 Å². The smallest absolute Gasteiger partial charge is 0.326 e. The van der Waals surface area contributed by atoms with Crippen LogP contribution in [0.15, 0.2) is 16.8 Å². The van der Waals surface area contributed by atoms with Gasteiger partial charge in [-0.15, -0.1) is 0 Å². The zero-order valence-corrected chi connectivity index (χ0v) is 10.7. The number of hydrogen-bond acceptors (Lipinski definition) is 3. The Hall–Kier alpha value is -1.56. The molecule has 0 radical (unpaired) electrons. The Morgan fingerprint density at radius 1 is 1.59 bits per heavy atom. The Morgan fingerprint density at radius 3 is 2.82 bits per heavy atom. The fourth-order valence-corrected chi connectivity index (χ4v) is 1.92. The third kappa shape index (κ3) is 4.07. The highest BCUT2D eigenvalue weighted by molar-refractivity contribution is 7.07. The average Bonchev–Trinajstić information content (AvgIpc) is 2.79. The van der Waals surface area contributed by atoms with Crippen LogP contribution in [0.25, 0.3) is 0 Å². The summed E-state index contributed by atoms with van der Waals surface area (Å²) >= 11 is 1.61. The quantitative estimate of drug-likeness (QED) is 0.836. The fraction of sp³-hybridized carbons (Fsp3) is 0.455. The molecule has 1 unspecified atom stereocenters. The van der Waals surface area contributed by atoms with Crippen LogP contribution >= 0.6 is 11.3 Å². The first-order valence-electron chi connectivity index (χ1n) is 5.27. The maximum absolute atomic E-state index is 11.6. The predicted molar refractivity (Wildman–Crippen MR) is 66.3 cm³/mol. The van der Waals surface area contributed by atoms with E-state index in [2.05, 4.69) is 5.32 Å².